The van der Waals surface area contributed by atoms with Crippen LogP contribution >= 0.6 is 0 Å². The van der Waals surface area contributed by atoms with Crippen molar-refractivity contribution in [3.63, 3.8) is 0 Å². The molecule has 0 amide bonds. The smallest absolute Gasteiger partial charge is 0.146 e. The summed E-state index contributed by atoms with van der Waals surface area (Å²) >= 11 is 0. The van der Waals surface area contributed by atoms with Crippen LogP contribution in [0.2, 0.25) is 0 Å². The number of piperidine rings is 1. The highest BCUT2D eigenvalue weighted by Gasteiger charge is 2.26. The zero-order chi connectivity index (χ0) is 15.4. The first-order valence-corrected chi connectivity index (χ1v) is 7.97. The third-order valence-corrected chi connectivity index (χ3v) is 4.44. The number of rotatable bonds is 5. The topological polar surface area (TPSA) is 18.5 Å². The molecule has 1 aliphatic rings. The molecule has 1 aromatic carbocycles. The van der Waals surface area contributed by atoms with Gasteiger partial charge in [-0.05, 0) is 52.0 Å². The Labute approximate surface area is 128 Å². The first kappa shape index (κ1) is 16.2. The van der Waals surface area contributed by atoms with Gasteiger partial charge in [0.1, 0.15) is 5.82 Å². The van der Waals surface area contributed by atoms with Crippen molar-refractivity contribution in [3.8, 4) is 0 Å². The van der Waals surface area contributed by atoms with Gasteiger partial charge in [-0.2, -0.15) is 0 Å². The number of hydrogen-bond donors (Lipinski definition) is 1. The maximum Gasteiger partial charge on any atom is 0.146 e. The van der Waals surface area contributed by atoms with Crippen molar-refractivity contribution >= 4 is 5.69 Å². The second kappa shape index (κ2) is 7.23. The lowest BCUT2D eigenvalue weighted by Crippen LogP contribution is -2.46. The van der Waals surface area contributed by atoms with Gasteiger partial charge in [0.15, 0.2) is 0 Å². The summed E-state index contributed by atoms with van der Waals surface area (Å²) in [5.74, 6) is -0.100. The molecule has 1 fully saturated rings. The van der Waals surface area contributed by atoms with Crippen molar-refractivity contribution in [2.75, 3.05) is 38.6 Å². The summed E-state index contributed by atoms with van der Waals surface area (Å²) < 4.78 is 14.5. The molecule has 0 saturated carbocycles. The molecule has 1 aliphatic heterocycles. The SMILES string of the molecule is CCNC(C)c1cccc(F)c1N1CCCC(N(C)C)C1. The van der Waals surface area contributed by atoms with Crippen LogP contribution in [0.15, 0.2) is 18.2 Å². The van der Waals surface area contributed by atoms with Crippen LogP contribution in [0.25, 0.3) is 0 Å². The van der Waals surface area contributed by atoms with Gasteiger partial charge in [-0.3, -0.25) is 0 Å². The molecule has 1 saturated heterocycles. The van der Waals surface area contributed by atoms with Crippen molar-refractivity contribution in [1.82, 2.24) is 10.2 Å². The summed E-state index contributed by atoms with van der Waals surface area (Å²) in [6, 6.07) is 6.11. The molecule has 1 N–H and O–H groups in total. The Morgan fingerprint density at radius 1 is 1.43 bits per heavy atom. The molecule has 0 spiro atoms. The summed E-state index contributed by atoms with van der Waals surface area (Å²) in [5, 5.41) is 3.40. The van der Waals surface area contributed by atoms with Crippen molar-refractivity contribution in [2.45, 2.75) is 38.8 Å². The number of likely N-dealkylation sites (N-methyl/N-ethyl adjacent to an activating group) is 1. The van der Waals surface area contributed by atoms with E-state index in [-0.39, 0.29) is 11.9 Å². The van der Waals surface area contributed by atoms with Crippen molar-refractivity contribution in [2.24, 2.45) is 0 Å². The van der Waals surface area contributed by atoms with Crippen LogP contribution in [0.1, 0.15) is 38.3 Å². The third-order valence-electron chi connectivity index (χ3n) is 4.44. The van der Waals surface area contributed by atoms with Crippen molar-refractivity contribution in [3.05, 3.63) is 29.6 Å². The minimum atomic E-state index is -0.100. The predicted octanol–water partition coefficient (Wildman–Crippen LogP) is 3.03. The lowest BCUT2D eigenvalue weighted by atomic mass is 10.00. The summed E-state index contributed by atoms with van der Waals surface area (Å²) in [6.07, 6.45) is 2.31. The highest BCUT2D eigenvalue weighted by molar-refractivity contribution is 5.56. The lowest BCUT2D eigenvalue weighted by Gasteiger charge is -2.39. The lowest BCUT2D eigenvalue weighted by molar-refractivity contribution is 0.257. The number of para-hydroxylation sites is 1. The molecule has 0 aromatic heterocycles. The Bertz CT molecular complexity index is 461. The van der Waals surface area contributed by atoms with Gasteiger partial charge < -0.3 is 15.1 Å². The van der Waals surface area contributed by atoms with Gasteiger partial charge in [0.2, 0.25) is 0 Å². The second-order valence-corrected chi connectivity index (χ2v) is 6.16. The van der Waals surface area contributed by atoms with Crippen molar-refractivity contribution in [1.29, 1.82) is 0 Å². The van der Waals surface area contributed by atoms with E-state index in [2.05, 4.69) is 43.1 Å². The number of nitrogens with one attached hydrogen (secondary N) is 1. The third kappa shape index (κ3) is 3.74. The van der Waals surface area contributed by atoms with Gasteiger partial charge in [0, 0.05) is 25.2 Å². The molecule has 118 valence electrons. The highest BCUT2D eigenvalue weighted by Crippen LogP contribution is 2.32. The fourth-order valence-electron chi connectivity index (χ4n) is 3.21. The summed E-state index contributed by atoms with van der Waals surface area (Å²) in [7, 11) is 4.22. The van der Waals surface area contributed by atoms with Crippen molar-refractivity contribution < 1.29 is 4.39 Å². The Balaban J connectivity index is 2.29. The minimum Gasteiger partial charge on any atom is -0.367 e. The van der Waals surface area contributed by atoms with Gasteiger partial charge in [-0.25, -0.2) is 4.39 Å². The Hall–Kier alpha value is -1.13. The summed E-state index contributed by atoms with van der Waals surface area (Å²) in [6.45, 7) is 6.92. The van der Waals surface area contributed by atoms with E-state index in [4.69, 9.17) is 0 Å². The molecule has 2 unspecified atom stereocenters. The molecule has 4 heteroatoms. The van der Waals surface area contributed by atoms with Crippen LogP contribution in [0.4, 0.5) is 10.1 Å². The summed E-state index contributed by atoms with van der Waals surface area (Å²) in [5.41, 5.74) is 1.86. The number of benzene rings is 1. The minimum absolute atomic E-state index is 0.100. The molecule has 21 heavy (non-hydrogen) atoms. The number of hydrogen-bond acceptors (Lipinski definition) is 3. The van der Waals surface area contributed by atoms with E-state index in [1.807, 2.05) is 12.1 Å². The predicted molar refractivity (Wildman–Crippen MR) is 87.4 cm³/mol. The second-order valence-electron chi connectivity index (χ2n) is 6.16. The van der Waals surface area contributed by atoms with E-state index in [1.54, 1.807) is 6.07 Å². The van der Waals surface area contributed by atoms with Gasteiger partial charge in [-0.15, -0.1) is 0 Å². The van der Waals surface area contributed by atoms with E-state index in [1.165, 1.54) is 6.42 Å². The molecule has 0 aliphatic carbocycles. The number of anilines is 1. The van der Waals surface area contributed by atoms with E-state index in [0.717, 1.165) is 37.3 Å². The molecular weight excluding hydrogens is 265 g/mol. The van der Waals surface area contributed by atoms with E-state index < -0.39 is 0 Å². The normalized spacial score (nSPS) is 20.9. The van der Waals surface area contributed by atoms with Crippen LogP contribution in [-0.4, -0.2) is 44.7 Å². The van der Waals surface area contributed by atoms with Crippen LogP contribution in [0.5, 0.6) is 0 Å². The molecule has 1 aromatic rings. The van der Waals surface area contributed by atoms with E-state index in [9.17, 15) is 4.39 Å². The van der Waals surface area contributed by atoms with Crippen LogP contribution in [0.3, 0.4) is 0 Å². The fraction of sp³-hybridized carbons (Fsp3) is 0.647. The maximum atomic E-state index is 14.5. The molecule has 2 atom stereocenters. The van der Waals surface area contributed by atoms with Crippen LogP contribution in [-0.2, 0) is 0 Å². The Morgan fingerprint density at radius 2 is 2.19 bits per heavy atom. The quantitative estimate of drug-likeness (QED) is 0.900. The van der Waals surface area contributed by atoms with Gasteiger partial charge in [0.25, 0.3) is 0 Å². The van der Waals surface area contributed by atoms with Gasteiger partial charge in [-0.1, -0.05) is 19.1 Å². The van der Waals surface area contributed by atoms with Crippen LogP contribution < -0.4 is 10.2 Å². The molecule has 3 nitrogen and oxygen atoms in total. The van der Waals surface area contributed by atoms with Gasteiger partial charge in [0.05, 0.1) is 5.69 Å². The van der Waals surface area contributed by atoms with E-state index in [0.29, 0.717) is 6.04 Å². The monoisotopic (exact) mass is 293 g/mol. The number of nitrogens with zero attached hydrogens (tertiary/aromatic N) is 2. The zero-order valence-electron chi connectivity index (χ0n) is 13.7. The highest BCUT2D eigenvalue weighted by atomic mass is 19.1. The van der Waals surface area contributed by atoms with E-state index >= 15 is 0 Å². The zero-order valence-corrected chi connectivity index (χ0v) is 13.7. The largest absolute Gasteiger partial charge is 0.367 e. The van der Waals surface area contributed by atoms with Crippen LogP contribution in [0, 0.1) is 5.82 Å². The average molecular weight is 293 g/mol. The first-order valence-electron chi connectivity index (χ1n) is 7.97. The molecule has 2 rings (SSSR count). The fourth-order valence-corrected chi connectivity index (χ4v) is 3.21. The summed E-state index contributed by atoms with van der Waals surface area (Å²) in [4.78, 5) is 4.48. The maximum absolute atomic E-state index is 14.5. The Kier molecular flexibility index (Phi) is 5.59. The molecule has 1 heterocycles. The average Bonchev–Trinajstić information content (AvgIpc) is 2.47. The molecule has 0 radical (unpaired) electrons. The number of halogens is 1. The Morgan fingerprint density at radius 3 is 2.86 bits per heavy atom. The standard InChI is InChI=1S/C17H28FN3/c1-5-19-13(2)15-9-6-10-16(18)17(15)21-11-7-8-14(12-21)20(3)4/h6,9-10,13-14,19H,5,7-8,11-12H2,1-4H3. The first-order chi connectivity index (χ1) is 10.0. The molecule has 0 bridgehead atoms. The van der Waals surface area contributed by atoms with Gasteiger partial charge >= 0.3 is 0 Å². The molecular formula is C17H28FN3.